The molecule has 0 unspecified atom stereocenters. The van der Waals surface area contributed by atoms with E-state index in [9.17, 15) is 14.0 Å². The highest BCUT2D eigenvalue weighted by Gasteiger charge is 2.37. The molecule has 0 aliphatic carbocycles. The Balaban J connectivity index is 2.17. The topological polar surface area (TPSA) is 37.4 Å². The number of carbonyl (C=O) groups is 2. The highest BCUT2D eigenvalue weighted by atomic mass is 127. The molecule has 0 N–H and O–H groups in total. The third kappa shape index (κ3) is 1.98. The molecule has 0 radical (unpaired) electrons. The van der Waals surface area contributed by atoms with Crippen molar-refractivity contribution in [3.8, 4) is 0 Å². The number of hydrogen-bond donors (Lipinski definition) is 0. The van der Waals surface area contributed by atoms with Gasteiger partial charge in [0.15, 0.2) is 0 Å². The molecule has 1 aliphatic rings. The van der Waals surface area contributed by atoms with Crippen LogP contribution in [-0.4, -0.2) is 11.8 Å². The Bertz CT molecular complexity index is 728. The highest BCUT2D eigenvalue weighted by Crippen LogP contribution is 2.35. The van der Waals surface area contributed by atoms with E-state index < -0.39 is 17.6 Å². The second-order valence-electron chi connectivity index (χ2n) is 4.21. The van der Waals surface area contributed by atoms with Crippen molar-refractivity contribution in [1.29, 1.82) is 0 Å². The summed E-state index contributed by atoms with van der Waals surface area (Å²) in [6, 6.07) is 9.29. The van der Waals surface area contributed by atoms with E-state index in [2.05, 4.69) is 15.9 Å². The molecule has 2 amide bonds. The fraction of sp³-hybridized carbons (Fsp3) is 0. The maximum Gasteiger partial charge on any atom is 0.266 e. The number of hydrogen-bond acceptors (Lipinski definition) is 2. The van der Waals surface area contributed by atoms with Crippen molar-refractivity contribution in [1.82, 2.24) is 0 Å². The Morgan fingerprint density at radius 1 is 1.05 bits per heavy atom. The number of rotatable bonds is 1. The Kier molecular flexibility index (Phi) is 3.37. The van der Waals surface area contributed by atoms with Gasteiger partial charge < -0.3 is 0 Å². The van der Waals surface area contributed by atoms with Crippen LogP contribution in [0.2, 0.25) is 0 Å². The molecule has 3 nitrogen and oxygen atoms in total. The first-order valence-corrected chi connectivity index (χ1v) is 7.50. The summed E-state index contributed by atoms with van der Waals surface area (Å²) in [5.74, 6) is -1.35. The monoisotopic (exact) mass is 445 g/mol. The van der Waals surface area contributed by atoms with Crippen LogP contribution in [0.5, 0.6) is 0 Å². The van der Waals surface area contributed by atoms with Crippen molar-refractivity contribution in [2.45, 2.75) is 0 Å². The maximum atomic E-state index is 13.7. The molecule has 0 spiro atoms. The third-order valence-corrected chi connectivity index (χ3v) is 4.49. The van der Waals surface area contributed by atoms with Gasteiger partial charge in [0.25, 0.3) is 11.8 Å². The van der Waals surface area contributed by atoms with Crippen molar-refractivity contribution >= 4 is 56.0 Å². The maximum absolute atomic E-state index is 13.7. The zero-order valence-electron chi connectivity index (χ0n) is 9.86. The largest absolute Gasteiger partial charge is 0.268 e. The summed E-state index contributed by atoms with van der Waals surface area (Å²) < 4.78 is 14.6. The number of fused-ring (bicyclic) bond motifs is 1. The minimum Gasteiger partial charge on any atom is -0.268 e. The standard InChI is InChI=1S/C14H6BrFINO2/c15-9-5-11(17)10(16)6-12(9)18-13(19)7-3-1-2-4-8(7)14(18)20/h1-6H. The summed E-state index contributed by atoms with van der Waals surface area (Å²) >= 11 is 5.12. The molecule has 20 heavy (non-hydrogen) atoms. The normalized spacial score (nSPS) is 13.8. The SMILES string of the molecule is O=C1c2ccccc2C(=O)N1c1cc(F)c(I)cc1Br. The molecular weight excluding hydrogens is 440 g/mol. The van der Waals surface area contributed by atoms with Gasteiger partial charge in [0.2, 0.25) is 0 Å². The smallest absolute Gasteiger partial charge is 0.266 e. The van der Waals surface area contributed by atoms with E-state index in [1.54, 1.807) is 24.3 Å². The molecule has 0 atom stereocenters. The van der Waals surface area contributed by atoms with Gasteiger partial charge in [-0.2, -0.15) is 0 Å². The van der Waals surface area contributed by atoms with Crippen LogP contribution in [0.4, 0.5) is 10.1 Å². The van der Waals surface area contributed by atoms with Crippen molar-refractivity contribution < 1.29 is 14.0 Å². The van der Waals surface area contributed by atoms with Crippen LogP contribution >= 0.6 is 38.5 Å². The van der Waals surface area contributed by atoms with E-state index >= 15 is 0 Å². The average molecular weight is 446 g/mol. The van der Waals surface area contributed by atoms with Gasteiger partial charge in [-0.3, -0.25) is 9.59 Å². The molecule has 2 aromatic rings. The van der Waals surface area contributed by atoms with E-state index in [1.807, 2.05) is 22.6 Å². The number of benzene rings is 2. The van der Waals surface area contributed by atoms with Gasteiger partial charge in [-0.15, -0.1) is 0 Å². The number of carbonyl (C=O) groups excluding carboxylic acids is 2. The molecule has 0 aromatic heterocycles. The fourth-order valence-electron chi connectivity index (χ4n) is 2.09. The number of anilines is 1. The van der Waals surface area contributed by atoms with Crippen molar-refractivity contribution in [3.63, 3.8) is 0 Å². The first-order chi connectivity index (χ1) is 9.50. The predicted molar refractivity (Wildman–Crippen MR) is 84.4 cm³/mol. The number of amides is 2. The van der Waals surface area contributed by atoms with Crippen LogP contribution < -0.4 is 4.90 Å². The number of nitrogens with zero attached hydrogens (tertiary/aromatic N) is 1. The van der Waals surface area contributed by atoms with E-state index in [1.165, 1.54) is 12.1 Å². The molecule has 0 saturated heterocycles. The van der Waals surface area contributed by atoms with Gasteiger partial charge in [-0.25, -0.2) is 9.29 Å². The van der Waals surface area contributed by atoms with Crippen LogP contribution in [0.1, 0.15) is 20.7 Å². The Morgan fingerprint density at radius 2 is 1.60 bits per heavy atom. The molecule has 3 rings (SSSR count). The Morgan fingerprint density at radius 3 is 2.15 bits per heavy atom. The Labute approximate surface area is 136 Å². The molecule has 6 heteroatoms. The zero-order chi connectivity index (χ0) is 14.4. The summed E-state index contributed by atoms with van der Waals surface area (Å²) in [5, 5.41) is 0. The second kappa shape index (κ2) is 4.92. The van der Waals surface area contributed by atoms with Gasteiger partial charge in [-0.1, -0.05) is 12.1 Å². The lowest BCUT2D eigenvalue weighted by molar-refractivity contribution is 0.0926. The lowest BCUT2D eigenvalue weighted by Crippen LogP contribution is -2.29. The summed E-state index contributed by atoms with van der Waals surface area (Å²) in [6.07, 6.45) is 0. The summed E-state index contributed by atoms with van der Waals surface area (Å²) in [4.78, 5) is 25.6. The van der Waals surface area contributed by atoms with Crippen molar-refractivity contribution in [3.05, 3.63) is 61.4 Å². The lowest BCUT2D eigenvalue weighted by atomic mass is 10.1. The molecule has 0 bridgehead atoms. The van der Waals surface area contributed by atoms with Gasteiger partial charge in [0.1, 0.15) is 5.82 Å². The van der Waals surface area contributed by atoms with Crippen LogP contribution in [0.25, 0.3) is 0 Å². The molecule has 0 fully saturated rings. The van der Waals surface area contributed by atoms with Crippen molar-refractivity contribution in [2.24, 2.45) is 0 Å². The fourth-order valence-corrected chi connectivity index (χ4v) is 3.51. The average Bonchev–Trinajstić information content (AvgIpc) is 2.68. The van der Waals surface area contributed by atoms with Crippen LogP contribution in [-0.2, 0) is 0 Å². The molecular formula is C14H6BrFINO2. The van der Waals surface area contributed by atoms with Gasteiger partial charge in [0, 0.05) is 10.5 Å². The van der Waals surface area contributed by atoms with E-state index in [0.717, 1.165) is 4.90 Å². The van der Waals surface area contributed by atoms with E-state index in [-0.39, 0.29) is 5.69 Å². The highest BCUT2D eigenvalue weighted by molar-refractivity contribution is 14.1. The van der Waals surface area contributed by atoms with Crippen LogP contribution in [0.15, 0.2) is 40.9 Å². The zero-order valence-corrected chi connectivity index (χ0v) is 13.6. The molecule has 100 valence electrons. The number of imide groups is 1. The van der Waals surface area contributed by atoms with Gasteiger partial charge in [-0.05, 0) is 56.7 Å². The number of halogens is 3. The molecule has 1 aliphatic heterocycles. The molecule has 0 saturated carbocycles. The van der Waals surface area contributed by atoms with Crippen LogP contribution in [0, 0.1) is 9.39 Å². The third-order valence-electron chi connectivity index (χ3n) is 3.02. The first kappa shape index (κ1) is 13.7. The van der Waals surface area contributed by atoms with Gasteiger partial charge in [0.05, 0.1) is 20.4 Å². The van der Waals surface area contributed by atoms with Gasteiger partial charge >= 0.3 is 0 Å². The van der Waals surface area contributed by atoms with E-state index in [0.29, 0.717) is 19.2 Å². The Hall–Kier alpha value is -1.28. The first-order valence-electron chi connectivity index (χ1n) is 5.63. The van der Waals surface area contributed by atoms with Crippen molar-refractivity contribution in [2.75, 3.05) is 4.90 Å². The predicted octanol–water partition coefficient (Wildman–Crippen LogP) is 3.99. The summed E-state index contributed by atoms with van der Waals surface area (Å²) in [7, 11) is 0. The lowest BCUT2D eigenvalue weighted by Gasteiger charge is -2.16. The molecule has 2 aromatic carbocycles. The van der Waals surface area contributed by atoms with Crippen LogP contribution in [0.3, 0.4) is 0 Å². The van der Waals surface area contributed by atoms with E-state index in [4.69, 9.17) is 0 Å². The molecule has 1 heterocycles. The minimum atomic E-state index is -0.472. The quantitative estimate of drug-likeness (QED) is 0.378. The minimum absolute atomic E-state index is 0.217. The summed E-state index contributed by atoms with van der Waals surface area (Å²) in [5.41, 5.74) is 0.890. The second-order valence-corrected chi connectivity index (χ2v) is 6.23. The summed E-state index contributed by atoms with van der Waals surface area (Å²) in [6.45, 7) is 0.